The Bertz CT molecular complexity index is 4400. The minimum atomic E-state index is -0.0640. The van der Waals surface area contributed by atoms with E-state index in [4.69, 9.17) is 41.0 Å². The number of hydrogen-bond donors (Lipinski definition) is 3. The number of aryl methyl sites for hydroxylation is 3. The van der Waals surface area contributed by atoms with Gasteiger partial charge in [0.1, 0.15) is 34.4 Å². The maximum Gasteiger partial charge on any atom is 0.138 e. The Hall–Kier alpha value is -8.82. The number of piperazine rings is 3. The van der Waals surface area contributed by atoms with Crippen molar-refractivity contribution in [2.24, 2.45) is 10.2 Å². The van der Waals surface area contributed by atoms with Crippen LogP contribution >= 0.6 is 0 Å². The molecule has 0 saturated carbocycles. The Kier molecular flexibility index (Phi) is 25.0. The van der Waals surface area contributed by atoms with Crippen molar-refractivity contribution in [3.05, 3.63) is 198 Å². The first-order valence-electron chi connectivity index (χ1n) is 37.7. The molecule has 9 aromatic rings. The number of fused-ring (bicyclic) bond motifs is 6. The fourth-order valence-electron chi connectivity index (χ4n) is 16.6. The first-order chi connectivity index (χ1) is 51.0. The van der Waals surface area contributed by atoms with E-state index in [1.807, 2.05) is 55.0 Å². The SMILES string of the molecule is CN(Cc1nc2cccc(N3CCN(CCCN=[N+]=[N-])CC3)n2c1CO)[C@H]1CCCc2cccnc21.CN1CCN(c2cccc3nc(CN(C)[C@H]4CCCc5cccnc54)c(CO)n23)CC1.CN1CCN(c2cccc3nc(CN(CCCCN=[N+]=[N-])[C@H]4CCCc5cccnc54)c(CO)n23)CC1. The summed E-state index contributed by atoms with van der Waals surface area (Å²) >= 11 is 0. The highest BCUT2D eigenvalue weighted by atomic mass is 16.3. The fraction of sp³-hybridized carbons (Fsp3) is 0.532. The van der Waals surface area contributed by atoms with Gasteiger partial charge in [0.25, 0.3) is 0 Å². The van der Waals surface area contributed by atoms with E-state index in [1.165, 1.54) is 34.5 Å². The van der Waals surface area contributed by atoms with Gasteiger partial charge < -0.3 is 39.8 Å². The third-order valence-electron chi connectivity index (χ3n) is 22.2. The number of rotatable bonds is 24. The molecule has 0 spiro atoms. The number of aromatic nitrogens is 9. The Labute approximate surface area is 610 Å². The van der Waals surface area contributed by atoms with Crippen LogP contribution in [0, 0.1) is 0 Å². The zero-order chi connectivity index (χ0) is 71.9. The smallest absolute Gasteiger partial charge is 0.138 e. The quantitative estimate of drug-likeness (QED) is 0.0219. The van der Waals surface area contributed by atoms with Crippen LogP contribution in [-0.2, 0) is 58.7 Å². The van der Waals surface area contributed by atoms with E-state index in [0.29, 0.717) is 38.8 Å². The van der Waals surface area contributed by atoms with Crippen molar-refractivity contribution in [1.82, 2.24) is 72.5 Å². The van der Waals surface area contributed by atoms with Crippen molar-refractivity contribution in [2.45, 2.75) is 135 Å². The molecule has 9 aromatic heterocycles. The molecule has 0 unspecified atom stereocenters. The van der Waals surface area contributed by atoms with E-state index in [2.05, 4.69) is 160 Å². The Morgan fingerprint density at radius 3 is 1.23 bits per heavy atom. The molecular formula is C77H104N24O3. The molecule has 3 aliphatic heterocycles. The van der Waals surface area contributed by atoms with Gasteiger partial charge in [0, 0.05) is 140 Å². The highest BCUT2D eigenvalue weighted by Crippen LogP contribution is 2.38. The molecule has 15 rings (SSSR count). The largest absolute Gasteiger partial charge is 0.390 e. The lowest BCUT2D eigenvalue weighted by Crippen LogP contribution is -2.47. The summed E-state index contributed by atoms with van der Waals surface area (Å²) in [5.41, 5.74) is 32.7. The molecule has 3 fully saturated rings. The van der Waals surface area contributed by atoms with Gasteiger partial charge in [-0.05, 0) is 201 Å². The number of azide groups is 2. The predicted octanol–water partition coefficient (Wildman–Crippen LogP) is 9.98. The first kappa shape index (κ1) is 73.5. The van der Waals surface area contributed by atoms with Gasteiger partial charge >= 0.3 is 0 Å². The normalized spacial score (nSPS) is 18.8. The number of hydrogen-bond acceptors (Lipinski definition) is 20. The summed E-state index contributed by atoms with van der Waals surface area (Å²) in [5.74, 6) is 3.30. The molecule has 104 heavy (non-hydrogen) atoms. The van der Waals surface area contributed by atoms with Crippen molar-refractivity contribution in [3.63, 3.8) is 0 Å². The Balaban J connectivity index is 0.000000139. The molecule has 0 amide bonds. The van der Waals surface area contributed by atoms with Gasteiger partial charge in [-0.3, -0.25) is 47.8 Å². The molecule has 0 radical (unpaired) electrons. The number of pyridine rings is 6. The summed E-state index contributed by atoms with van der Waals surface area (Å²) in [6.07, 6.45) is 18.3. The molecule has 3 saturated heterocycles. The molecule has 3 aliphatic carbocycles. The molecule has 3 N–H and O–H groups in total. The zero-order valence-electron chi connectivity index (χ0n) is 61.2. The van der Waals surface area contributed by atoms with Gasteiger partial charge in [0.2, 0.25) is 0 Å². The van der Waals surface area contributed by atoms with Crippen LogP contribution in [0.1, 0.15) is 144 Å². The van der Waals surface area contributed by atoms with Crippen molar-refractivity contribution in [1.29, 1.82) is 0 Å². The number of anilines is 3. The van der Waals surface area contributed by atoms with Gasteiger partial charge in [-0.2, -0.15) is 0 Å². The highest BCUT2D eigenvalue weighted by molar-refractivity contribution is 5.58. The summed E-state index contributed by atoms with van der Waals surface area (Å²) in [7, 11) is 8.62. The number of nitrogens with zero attached hydrogens (tertiary/aromatic N) is 24. The van der Waals surface area contributed by atoms with Crippen LogP contribution in [-0.4, -0.2) is 221 Å². The highest BCUT2D eigenvalue weighted by Gasteiger charge is 2.33. The van der Waals surface area contributed by atoms with E-state index < -0.39 is 0 Å². The lowest BCUT2D eigenvalue weighted by molar-refractivity contribution is 0.159. The minimum Gasteiger partial charge on any atom is -0.390 e. The lowest BCUT2D eigenvalue weighted by Gasteiger charge is -2.36. The van der Waals surface area contributed by atoms with Crippen LogP contribution in [0.4, 0.5) is 17.5 Å². The fourth-order valence-corrected chi connectivity index (χ4v) is 16.6. The third-order valence-corrected chi connectivity index (χ3v) is 22.2. The van der Waals surface area contributed by atoms with E-state index in [-0.39, 0.29) is 31.9 Å². The summed E-state index contributed by atoms with van der Waals surface area (Å²) in [6, 6.07) is 32.1. The van der Waals surface area contributed by atoms with Crippen LogP contribution in [0.5, 0.6) is 0 Å². The van der Waals surface area contributed by atoms with Crippen LogP contribution in [0.25, 0.3) is 37.8 Å². The molecule has 0 bridgehead atoms. The summed E-state index contributed by atoms with van der Waals surface area (Å²) < 4.78 is 6.43. The van der Waals surface area contributed by atoms with Crippen LogP contribution < -0.4 is 14.7 Å². The van der Waals surface area contributed by atoms with Crippen LogP contribution in [0.3, 0.4) is 0 Å². The van der Waals surface area contributed by atoms with Crippen molar-refractivity contribution in [2.75, 3.05) is 148 Å². The molecule has 12 heterocycles. The second kappa shape index (κ2) is 35.3. The van der Waals surface area contributed by atoms with Gasteiger partial charge in [0.05, 0.1) is 89.2 Å². The summed E-state index contributed by atoms with van der Waals surface area (Å²) in [5, 5.41) is 38.7. The van der Waals surface area contributed by atoms with Gasteiger partial charge in [-0.15, -0.1) is 0 Å². The molecule has 27 heteroatoms. The van der Waals surface area contributed by atoms with Crippen molar-refractivity contribution < 1.29 is 15.3 Å². The Morgan fingerprint density at radius 1 is 0.452 bits per heavy atom. The number of imidazole rings is 3. The van der Waals surface area contributed by atoms with Gasteiger partial charge in [-0.25, -0.2) is 15.0 Å². The summed E-state index contributed by atoms with van der Waals surface area (Å²) in [6.45, 7) is 16.4. The van der Waals surface area contributed by atoms with Gasteiger partial charge in [-0.1, -0.05) is 46.6 Å². The molecule has 27 nitrogen and oxygen atoms in total. The van der Waals surface area contributed by atoms with Crippen molar-refractivity contribution >= 4 is 34.4 Å². The molecule has 3 atom stereocenters. The monoisotopic (exact) mass is 1410 g/mol. The van der Waals surface area contributed by atoms with E-state index in [1.54, 1.807) is 0 Å². The third kappa shape index (κ3) is 16.8. The molecule has 0 aromatic carbocycles. The first-order valence-corrected chi connectivity index (χ1v) is 37.7. The zero-order valence-corrected chi connectivity index (χ0v) is 61.2. The van der Waals surface area contributed by atoms with Crippen LogP contribution in [0.2, 0.25) is 0 Å². The number of aliphatic hydroxyl groups excluding tert-OH is 3. The maximum atomic E-state index is 10.6. The predicted molar refractivity (Wildman–Crippen MR) is 406 cm³/mol. The average Bonchev–Trinajstić information content (AvgIpc) is 1.62. The lowest BCUT2D eigenvalue weighted by atomic mass is 9.90. The van der Waals surface area contributed by atoms with Crippen molar-refractivity contribution in [3.8, 4) is 0 Å². The van der Waals surface area contributed by atoms with E-state index in [9.17, 15) is 15.3 Å². The minimum absolute atomic E-state index is 0.0192. The number of likely N-dealkylation sites (N-methyl/N-ethyl adjacent to an activating group) is 2. The maximum absolute atomic E-state index is 10.6. The second-order valence-corrected chi connectivity index (χ2v) is 28.8. The molecule has 6 aliphatic rings. The molecular weight excluding hydrogens is 1310 g/mol. The average molecular weight is 1410 g/mol. The number of unbranched alkanes of at least 4 members (excludes halogenated alkanes) is 1. The standard InChI is InChI=1S/C27H37N9O.C26H35N9O.C24H32N6O/c1-33-15-17-34(18-16-33)26-11-5-10-25-31-22(24(20-37)36(25)26)19-35(14-3-2-13-30-32-28)23-9-4-7-21-8-6-12-29-27(21)23;1-32(22-8-2-6-20-7-4-11-28-26(20)22)18-21-23(19-36)35-24(30-21)9-3-10-25(35)34-16-14-33(15-17-34)13-5-12-29-31-27;1-27-12-14-29(15-13-27)23-10-4-9-22-26-19(21(17-31)30(22)23)16-28(2)20-8-3-6-18-7-5-11-25-24(18)20/h5-6,8,10-12,23,37H,2-4,7,9,13-20H2,1H3;3-4,7,9-11,22,36H,2,5-6,8,12-19H2,1H3;4-5,7,9-11,20,31H,3,6,8,12-17H2,1-2H3/t23-;22-;20-/m000/s1. The Morgan fingerprint density at radius 2 is 0.827 bits per heavy atom. The van der Waals surface area contributed by atoms with E-state index in [0.717, 1.165) is 237 Å². The van der Waals surface area contributed by atoms with Gasteiger partial charge in [0.15, 0.2) is 0 Å². The molecule has 550 valence electrons. The van der Waals surface area contributed by atoms with Crippen LogP contribution in [0.15, 0.2) is 120 Å². The summed E-state index contributed by atoms with van der Waals surface area (Å²) in [4.78, 5) is 56.3. The number of aliphatic hydroxyl groups is 3. The topological polar surface area (TPSA) is 278 Å². The second-order valence-electron chi connectivity index (χ2n) is 28.8. The van der Waals surface area contributed by atoms with E-state index >= 15 is 0 Å².